The van der Waals surface area contributed by atoms with E-state index in [1.165, 1.54) is 12.1 Å². The number of nitrogens with zero attached hydrogens (tertiary/aromatic N) is 1. The lowest BCUT2D eigenvalue weighted by molar-refractivity contribution is -0.137. The molecular formula is C19H13F5N2O. The van der Waals surface area contributed by atoms with E-state index >= 15 is 0 Å². The summed E-state index contributed by atoms with van der Waals surface area (Å²) in [4.78, 5) is 15.2. The summed E-state index contributed by atoms with van der Waals surface area (Å²) in [6.45, 7) is 6.62. The number of rotatable bonds is 4. The molecule has 0 spiro atoms. The zero-order valence-corrected chi connectivity index (χ0v) is 13.8. The molecule has 8 heteroatoms. The van der Waals surface area contributed by atoms with Gasteiger partial charge in [-0.3, -0.25) is 4.79 Å². The van der Waals surface area contributed by atoms with Crippen molar-refractivity contribution < 1.29 is 26.7 Å². The molecule has 1 amide bonds. The molecule has 0 radical (unpaired) electrons. The highest BCUT2D eigenvalue weighted by atomic mass is 19.4. The number of alkyl halides is 3. The molecule has 0 aromatic heterocycles. The molecule has 1 aliphatic rings. The van der Waals surface area contributed by atoms with Crippen LogP contribution in [0.4, 0.5) is 27.6 Å². The molecule has 2 aromatic carbocycles. The summed E-state index contributed by atoms with van der Waals surface area (Å²) in [5, 5.41) is 2.36. The van der Waals surface area contributed by atoms with Gasteiger partial charge in [0.25, 0.3) is 5.91 Å². The van der Waals surface area contributed by atoms with E-state index in [4.69, 9.17) is 6.57 Å². The van der Waals surface area contributed by atoms with E-state index in [-0.39, 0.29) is 17.8 Å². The molecule has 1 aliphatic carbocycles. The number of hydrogen-bond acceptors (Lipinski definition) is 1. The van der Waals surface area contributed by atoms with Crippen LogP contribution in [-0.2, 0) is 11.6 Å². The lowest BCUT2D eigenvalue weighted by Crippen LogP contribution is -2.34. The van der Waals surface area contributed by atoms with Gasteiger partial charge in [-0.05, 0) is 37.1 Å². The maximum absolute atomic E-state index is 14.3. The molecule has 3 nitrogen and oxygen atoms in total. The van der Waals surface area contributed by atoms with Crippen LogP contribution >= 0.6 is 0 Å². The first kappa shape index (κ1) is 18.8. The molecule has 3 rings (SSSR count). The monoisotopic (exact) mass is 380 g/mol. The lowest BCUT2D eigenvalue weighted by Gasteiger charge is -2.19. The fourth-order valence-electron chi connectivity index (χ4n) is 3.07. The normalized spacial score (nSPS) is 15.1. The van der Waals surface area contributed by atoms with Gasteiger partial charge in [-0.15, -0.1) is 0 Å². The Labute approximate surface area is 151 Å². The SMILES string of the molecule is [C-]#[N+]c1cc(F)c(C2(CNC(=O)c3ccccc3C(F)(F)F)CC2)c(F)c1. The Balaban J connectivity index is 1.82. The Hall–Kier alpha value is -2.95. The van der Waals surface area contributed by atoms with Crippen LogP contribution < -0.4 is 5.32 Å². The summed E-state index contributed by atoms with van der Waals surface area (Å²) in [7, 11) is 0. The second-order valence-corrected chi connectivity index (χ2v) is 6.40. The summed E-state index contributed by atoms with van der Waals surface area (Å²) in [6, 6.07) is 6.14. The Morgan fingerprint density at radius 3 is 2.26 bits per heavy atom. The quantitative estimate of drug-likeness (QED) is 0.588. The van der Waals surface area contributed by atoms with Crippen LogP contribution in [0.25, 0.3) is 4.85 Å². The Morgan fingerprint density at radius 2 is 1.74 bits per heavy atom. The van der Waals surface area contributed by atoms with E-state index in [9.17, 15) is 26.7 Å². The first-order valence-electron chi connectivity index (χ1n) is 7.99. The van der Waals surface area contributed by atoms with Gasteiger partial charge in [0.05, 0.1) is 17.7 Å². The van der Waals surface area contributed by atoms with Gasteiger partial charge in [-0.1, -0.05) is 12.1 Å². The summed E-state index contributed by atoms with van der Waals surface area (Å²) < 4.78 is 67.6. The smallest absolute Gasteiger partial charge is 0.351 e. The van der Waals surface area contributed by atoms with Gasteiger partial charge in [0.2, 0.25) is 0 Å². The van der Waals surface area contributed by atoms with Crippen LogP contribution in [0.3, 0.4) is 0 Å². The fourth-order valence-corrected chi connectivity index (χ4v) is 3.07. The number of benzene rings is 2. The molecule has 0 heterocycles. The summed E-state index contributed by atoms with van der Waals surface area (Å²) in [6.07, 6.45) is -3.95. The van der Waals surface area contributed by atoms with Gasteiger partial charge in [-0.25, -0.2) is 13.6 Å². The lowest BCUT2D eigenvalue weighted by atomic mass is 9.94. The van der Waals surface area contributed by atoms with Crippen LogP contribution in [0.1, 0.15) is 34.3 Å². The van der Waals surface area contributed by atoms with Crippen molar-refractivity contribution in [3.63, 3.8) is 0 Å². The highest BCUT2D eigenvalue weighted by Crippen LogP contribution is 2.50. The topological polar surface area (TPSA) is 33.5 Å². The molecule has 0 unspecified atom stereocenters. The van der Waals surface area contributed by atoms with Crippen molar-refractivity contribution in [2.24, 2.45) is 0 Å². The van der Waals surface area contributed by atoms with Gasteiger partial charge in [0, 0.05) is 17.5 Å². The largest absolute Gasteiger partial charge is 0.417 e. The Bertz CT molecular complexity index is 919. The molecular weight excluding hydrogens is 367 g/mol. The molecule has 1 fully saturated rings. The third kappa shape index (κ3) is 3.63. The number of carbonyl (C=O) groups excluding carboxylic acids is 1. The Morgan fingerprint density at radius 1 is 1.15 bits per heavy atom. The Kier molecular flexibility index (Phi) is 4.64. The summed E-state index contributed by atoms with van der Waals surface area (Å²) in [5.74, 6) is -2.76. The van der Waals surface area contributed by atoms with E-state index in [0.717, 1.165) is 24.3 Å². The number of carbonyl (C=O) groups is 1. The molecule has 0 atom stereocenters. The predicted molar refractivity (Wildman–Crippen MR) is 87.3 cm³/mol. The number of nitrogens with one attached hydrogen (secondary N) is 1. The standard InChI is InChI=1S/C19H13F5N2O/c1-25-11-8-14(20)16(15(21)9-11)18(6-7-18)10-26-17(27)12-4-2-3-5-13(12)19(22,23)24/h2-5,8-9H,6-7,10H2,(H,26,27). The van der Waals surface area contributed by atoms with Crippen LogP contribution in [0.5, 0.6) is 0 Å². The van der Waals surface area contributed by atoms with Crippen molar-refractivity contribution in [1.29, 1.82) is 0 Å². The molecule has 1 N–H and O–H groups in total. The van der Waals surface area contributed by atoms with E-state index in [1.807, 2.05) is 0 Å². The second-order valence-electron chi connectivity index (χ2n) is 6.40. The van der Waals surface area contributed by atoms with Crippen molar-refractivity contribution in [1.82, 2.24) is 5.32 Å². The molecule has 0 saturated heterocycles. The minimum Gasteiger partial charge on any atom is -0.351 e. The average Bonchev–Trinajstić information content (AvgIpc) is 3.39. The maximum atomic E-state index is 14.3. The van der Waals surface area contributed by atoms with Crippen molar-refractivity contribution in [2.75, 3.05) is 6.54 Å². The maximum Gasteiger partial charge on any atom is 0.417 e. The summed E-state index contributed by atoms with van der Waals surface area (Å²) in [5.41, 5.74) is -3.08. The third-order valence-corrected chi connectivity index (χ3v) is 4.60. The second kappa shape index (κ2) is 6.65. The van der Waals surface area contributed by atoms with E-state index in [0.29, 0.717) is 12.8 Å². The third-order valence-electron chi connectivity index (χ3n) is 4.60. The first-order valence-corrected chi connectivity index (χ1v) is 7.99. The zero-order chi connectivity index (χ0) is 19.8. The van der Waals surface area contributed by atoms with Crippen LogP contribution in [0.15, 0.2) is 36.4 Å². The minimum atomic E-state index is -4.70. The molecule has 1 saturated carbocycles. The fraction of sp³-hybridized carbons (Fsp3) is 0.263. The minimum absolute atomic E-state index is 0.187. The van der Waals surface area contributed by atoms with Gasteiger partial charge in [0.1, 0.15) is 11.6 Å². The number of amides is 1. The number of hydrogen-bond donors (Lipinski definition) is 1. The van der Waals surface area contributed by atoms with Gasteiger partial charge in [0.15, 0.2) is 5.69 Å². The van der Waals surface area contributed by atoms with Crippen molar-refractivity contribution >= 4 is 11.6 Å². The molecule has 27 heavy (non-hydrogen) atoms. The highest BCUT2D eigenvalue weighted by molar-refractivity contribution is 5.96. The van der Waals surface area contributed by atoms with E-state index in [2.05, 4.69) is 10.2 Å². The number of halogens is 5. The van der Waals surface area contributed by atoms with Gasteiger partial charge < -0.3 is 5.32 Å². The van der Waals surface area contributed by atoms with Crippen LogP contribution in [0, 0.1) is 18.2 Å². The first-order chi connectivity index (χ1) is 12.7. The predicted octanol–water partition coefficient (Wildman–Crippen LogP) is 5.00. The van der Waals surface area contributed by atoms with Crippen molar-refractivity contribution in [3.8, 4) is 0 Å². The van der Waals surface area contributed by atoms with E-state index in [1.54, 1.807) is 0 Å². The molecule has 2 aromatic rings. The van der Waals surface area contributed by atoms with Crippen molar-refractivity contribution in [2.45, 2.75) is 24.4 Å². The van der Waals surface area contributed by atoms with Gasteiger partial charge >= 0.3 is 6.18 Å². The van der Waals surface area contributed by atoms with Gasteiger partial charge in [-0.2, -0.15) is 13.2 Å². The van der Waals surface area contributed by atoms with E-state index < -0.39 is 40.3 Å². The molecule has 0 bridgehead atoms. The van der Waals surface area contributed by atoms with Crippen LogP contribution in [-0.4, -0.2) is 12.5 Å². The van der Waals surface area contributed by atoms with Crippen LogP contribution in [0.2, 0.25) is 0 Å². The molecule has 140 valence electrons. The molecule has 0 aliphatic heterocycles. The average molecular weight is 380 g/mol. The zero-order valence-electron chi connectivity index (χ0n) is 13.8. The van der Waals surface area contributed by atoms with Crippen molar-refractivity contribution in [3.05, 3.63) is 76.1 Å². The summed E-state index contributed by atoms with van der Waals surface area (Å²) >= 11 is 0. The highest BCUT2D eigenvalue weighted by Gasteiger charge is 2.48.